The van der Waals surface area contributed by atoms with Gasteiger partial charge in [0.05, 0.1) is 5.92 Å². The van der Waals surface area contributed by atoms with E-state index in [4.69, 9.17) is 5.73 Å². The number of rotatable bonds is 2. The van der Waals surface area contributed by atoms with Crippen LogP contribution >= 0.6 is 0 Å². The van der Waals surface area contributed by atoms with E-state index < -0.39 is 0 Å². The second-order valence-corrected chi connectivity index (χ2v) is 6.77. The Hall–Kier alpha value is -1.35. The van der Waals surface area contributed by atoms with Crippen LogP contribution in [0.3, 0.4) is 0 Å². The summed E-state index contributed by atoms with van der Waals surface area (Å²) in [6.07, 6.45) is 4.16. The molecule has 4 atom stereocenters. The molecule has 0 spiro atoms. The zero-order valence-electron chi connectivity index (χ0n) is 12.9. The summed E-state index contributed by atoms with van der Waals surface area (Å²) in [6.45, 7) is 4.03. The van der Waals surface area contributed by atoms with Crippen molar-refractivity contribution < 1.29 is 4.79 Å². The summed E-state index contributed by atoms with van der Waals surface area (Å²) >= 11 is 0. The van der Waals surface area contributed by atoms with Crippen molar-refractivity contribution in [1.29, 1.82) is 0 Å². The van der Waals surface area contributed by atoms with Crippen LogP contribution in [-0.2, 0) is 4.79 Å². The largest absolute Gasteiger partial charge is 0.342 e. The number of nitrogens with zero attached hydrogens (tertiary/aromatic N) is 1. The molecule has 1 aromatic rings. The van der Waals surface area contributed by atoms with E-state index in [9.17, 15) is 4.79 Å². The number of hydrogen-bond acceptors (Lipinski definition) is 2. The third kappa shape index (κ3) is 2.98. The highest BCUT2D eigenvalue weighted by Gasteiger charge is 2.36. The first-order valence-electron chi connectivity index (χ1n) is 8.26. The van der Waals surface area contributed by atoms with Gasteiger partial charge in [-0.15, -0.1) is 0 Å². The molecule has 1 amide bonds. The maximum absolute atomic E-state index is 12.6. The lowest BCUT2D eigenvalue weighted by Crippen LogP contribution is -2.47. The fourth-order valence-corrected chi connectivity index (χ4v) is 4.07. The van der Waals surface area contributed by atoms with Gasteiger partial charge in [0.2, 0.25) is 5.91 Å². The summed E-state index contributed by atoms with van der Waals surface area (Å²) in [5.74, 6) is 1.47. The Morgan fingerprint density at radius 3 is 2.57 bits per heavy atom. The predicted octanol–water partition coefficient (Wildman–Crippen LogP) is 2.77. The lowest BCUT2D eigenvalue weighted by Gasteiger charge is -2.38. The summed E-state index contributed by atoms with van der Waals surface area (Å²) < 4.78 is 0. The van der Waals surface area contributed by atoms with Crippen LogP contribution in [0.2, 0.25) is 0 Å². The van der Waals surface area contributed by atoms with Gasteiger partial charge in [-0.3, -0.25) is 4.79 Å². The summed E-state index contributed by atoms with van der Waals surface area (Å²) in [6, 6.07) is 10.8. The van der Waals surface area contributed by atoms with Crippen molar-refractivity contribution in [2.24, 2.45) is 17.6 Å². The van der Waals surface area contributed by atoms with E-state index in [1.807, 2.05) is 0 Å². The number of amides is 1. The number of hydrogen-bond donors (Lipinski definition) is 1. The van der Waals surface area contributed by atoms with E-state index in [0.29, 0.717) is 17.7 Å². The van der Waals surface area contributed by atoms with Gasteiger partial charge in [0.1, 0.15) is 0 Å². The molecular formula is C18H26N2O. The van der Waals surface area contributed by atoms with Gasteiger partial charge in [0, 0.05) is 19.1 Å². The normalized spacial score (nSPS) is 33.1. The smallest absolute Gasteiger partial charge is 0.227 e. The minimum absolute atomic E-state index is 0.0745. The van der Waals surface area contributed by atoms with Crippen LogP contribution in [0.1, 0.15) is 44.1 Å². The Kier molecular flexibility index (Phi) is 4.29. The number of piperidine rings is 1. The first-order chi connectivity index (χ1) is 10.2. The molecule has 3 rings (SSSR count). The van der Waals surface area contributed by atoms with Crippen LogP contribution < -0.4 is 5.73 Å². The molecule has 21 heavy (non-hydrogen) atoms. The van der Waals surface area contributed by atoms with E-state index in [0.717, 1.165) is 38.8 Å². The number of likely N-dealkylation sites (tertiary alicyclic amines) is 1. The van der Waals surface area contributed by atoms with Crippen molar-refractivity contribution in [3.63, 3.8) is 0 Å². The molecule has 0 radical (unpaired) electrons. The van der Waals surface area contributed by atoms with Crippen molar-refractivity contribution in [1.82, 2.24) is 4.90 Å². The molecule has 1 aliphatic heterocycles. The van der Waals surface area contributed by atoms with Gasteiger partial charge in [0.25, 0.3) is 0 Å². The minimum Gasteiger partial charge on any atom is -0.342 e. The predicted molar refractivity (Wildman–Crippen MR) is 84.9 cm³/mol. The first kappa shape index (κ1) is 14.6. The summed E-state index contributed by atoms with van der Waals surface area (Å²) in [4.78, 5) is 14.7. The second-order valence-electron chi connectivity index (χ2n) is 6.77. The second kappa shape index (κ2) is 6.18. The van der Waals surface area contributed by atoms with E-state index in [1.165, 1.54) is 5.56 Å². The number of carbonyl (C=O) groups is 1. The molecule has 1 saturated heterocycles. The van der Waals surface area contributed by atoms with Crippen LogP contribution in [0.5, 0.6) is 0 Å². The summed E-state index contributed by atoms with van der Waals surface area (Å²) in [5.41, 5.74) is 7.50. The van der Waals surface area contributed by atoms with Crippen molar-refractivity contribution in [3.05, 3.63) is 35.9 Å². The molecule has 1 saturated carbocycles. The Morgan fingerprint density at radius 2 is 1.95 bits per heavy atom. The van der Waals surface area contributed by atoms with E-state index >= 15 is 0 Å². The zero-order chi connectivity index (χ0) is 14.8. The molecule has 2 fully saturated rings. The highest BCUT2D eigenvalue weighted by atomic mass is 16.2. The Labute approximate surface area is 127 Å². The quantitative estimate of drug-likeness (QED) is 0.908. The molecule has 1 aliphatic carbocycles. The standard InChI is InChI=1S/C18H26N2O/c1-13-12-20(18(21)16-8-5-9-17(16)19)11-10-15(13)14-6-3-2-4-7-14/h2-4,6-7,13,15-17H,5,8-12,19H2,1H3/t13-,15-,16-,17-/m1/s1. The molecule has 0 bridgehead atoms. The summed E-state index contributed by atoms with van der Waals surface area (Å²) in [7, 11) is 0. The number of benzene rings is 1. The number of carbonyl (C=O) groups excluding carboxylic acids is 1. The molecule has 2 N–H and O–H groups in total. The van der Waals surface area contributed by atoms with Gasteiger partial charge in [-0.05, 0) is 36.7 Å². The fraction of sp³-hybridized carbons (Fsp3) is 0.611. The van der Waals surface area contributed by atoms with E-state index in [1.54, 1.807) is 0 Å². The van der Waals surface area contributed by atoms with Crippen LogP contribution in [0.4, 0.5) is 0 Å². The molecule has 1 aromatic carbocycles. The van der Waals surface area contributed by atoms with Gasteiger partial charge < -0.3 is 10.6 Å². The molecule has 3 nitrogen and oxygen atoms in total. The average Bonchev–Trinajstić information content (AvgIpc) is 2.93. The van der Waals surface area contributed by atoms with Gasteiger partial charge >= 0.3 is 0 Å². The van der Waals surface area contributed by atoms with Crippen LogP contribution in [-0.4, -0.2) is 29.9 Å². The average molecular weight is 286 g/mol. The minimum atomic E-state index is 0.0745. The van der Waals surface area contributed by atoms with E-state index in [2.05, 4.69) is 42.2 Å². The maximum Gasteiger partial charge on any atom is 0.227 e. The maximum atomic E-state index is 12.6. The van der Waals surface area contributed by atoms with Gasteiger partial charge in [-0.2, -0.15) is 0 Å². The van der Waals surface area contributed by atoms with Gasteiger partial charge in [0.15, 0.2) is 0 Å². The van der Waals surface area contributed by atoms with Crippen LogP contribution in [0, 0.1) is 11.8 Å². The topological polar surface area (TPSA) is 46.3 Å². The summed E-state index contributed by atoms with van der Waals surface area (Å²) in [5, 5.41) is 0. The Morgan fingerprint density at radius 1 is 1.19 bits per heavy atom. The van der Waals surface area contributed by atoms with Crippen LogP contribution in [0.15, 0.2) is 30.3 Å². The third-order valence-corrected chi connectivity index (χ3v) is 5.33. The van der Waals surface area contributed by atoms with Crippen molar-refractivity contribution in [3.8, 4) is 0 Å². The first-order valence-corrected chi connectivity index (χ1v) is 8.26. The lowest BCUT2D eigenvalue weighted by molar-refractivity contribution is -0.137. The molecule has 0 unspecified atom stereocenters. The molecular weight excluding hydrogens is 260 g/mol. The molecule has 0 aromatic heterocycles. The van der Waals surface area contributed by atoms with Crippen LogP contribution in [0.25, 0.3) is 0 Å². The van der Waals surface area contributed by atoms with Gasteiger partial charge in [-0.1, -0.05) is 43.7 Å². The highest BCUT2D eigenvalue weighted by Crippen LogP contribution is 2.34. The van der Waals surface area contributed by atoms with Gasteiger partial charge in [-0.25, -0.2) is 0 Å². The van der Waals surface area contributed by atoms with Crippen molar-refractivity contribution >= 4 is 5.91 Å². The number of nitrogens with two attached hydrogens (primary N) is 1. The molecule has 3 heteroatoms. The van der Waals surface area contributed by atoms with E-state index in [-0.39, 0.29) is 12.0 Å². The molecule has 114 valence electrons. The Bertz CT molecular complexity index is 487. The monoisotopic (exact) mass is 286 g/mol. The SMILES string of the molecule is C[C@@H]1CN(C(=O)[C@@H]2CCC[C@H]2N)CC[C@H]1c1ccccc1. The molecule has 1 heterocycles. The molecule has 2 aliphatic rings. The lowest BCUT2D eigenvalue weighted by atomic mass is 9.81. The third-order valence-electron chi connectivity index (χ3n) is 5.33. The van der Waals surface area contributed by atoms with Crippen molar-refractivity contribution in [2.45, 2.75) is 44.6 Å². The highest BCUT2D eigenvalue weighted by molar-refractivity contribution is 5.80. The zero-order valence-corrected chi connectivity index (χ0v) is 12.9. The fourth-order valence-electron chi connectivity index (χ4n) is 4.07. The Balaban J connectivity index is 1.64. The van der Waals surface area contributed by atoms with Crippen molar-refractivity contribution in [2.75, 3.05) is 13.1 Å².